The van der Waals surface area contributed by atoms with Gasteiger partial charge >= 0.3 is 0 Å². The normalized spacial score (nSPS) is 17.4. The first-order valence-corrected chi connectivity index (χ1v) is 11.2. The number of hydrogen-bond donors (Lipinski definition) is 1. The molecule has 1 N–H and O–H groups in total. The van der Waals surface area contributed by atoms with E-state index in [0.717, 1.165) is 51.5 Å². The number of aromatic nitrogens is 5. The number of piperidine rings is 1. The van der Waals surface area contributed by atoms with Gasteiger partial charge in [0.15, 0.2) is 22.9 Å². The molecule has 0 unspecified atom stereocenters. The largest absolute Gasteiger partial charge is 0.460 e. The molecular weight excluding hydrogens is 442 g/mol. The fourth-order valence-corrected chi connectivity index (χ4v) is 4.87. The van der Waals surface area contributed by atoms with E-state index in [1.165, 1.54) is 12.1 Å². The highest BCUT2D eigenvalue weighted by atomic mass is 19.1. The van der Waals surface area contributed by atoms with E-state index in [1.54, 1.807) is 12.3 Å². The summed E-state index contributed by atoms with van der Waals surface area (Å²) in [5, 5.41) is 7.92. The monoisotopic (exact) mass is 464 g/mol. The summed E-state index contributed by atoms with van der Waals surface area (Å²) in [6.45, 7) is 2.37. The van der Waals surface area contributed by atoms with Crippen molar-refractivity contribution in [2.24, 2.45) is 5.41 Å². The summed E-state index contributed by atoms with van der Waals surface area (Å²) in [4.78, 5) is 11.6. The summed E-state index contributed by atoms with van der Waals surface area (Å²) < 4.78 is 39.3. The Morgan fingerprint density at radius 2 is 2.09 bits per heavy atom. The van der Waals surface area contributed by atoms with E-state index in [1.807, 2.05) is 10.6 Å². The van der Waals surface area contributed by atoms with Crippen molar-refractivity contribution in [2.75, 3.05) is 38.1 Å². The zero-order valence-electron chi connectivity index (χ0n) is 18.4. The van der Waals surface area contributed by atoms with Gasteiger partial charge in [-0.3, -0.25) is 9.50 Å². The van der Waals surface area contributed by atoms with E-state index in [4.69, 9.17) is 9.72 Å². The van der Waals surface area contributed by atoms with Crippen LogP contribution in [0.1, 0.15) is 30.5 Å². The van der Waals surface area contributed by atoms with E-state index in [0.29, 0.717) is 27.8 Å². The smallest absolute Gasteiger partial charge is 0.228 e. The maximum Gasteiger partial charge on any atom is 0.228 e. The average Bonchev–Trinajstić information content (AvgIpc) is 3.60. The van der Waals surface area contributed by atoms with Crippen LogP contribution in [0.15, 0.2) is 30.6 Å². The molecule has 4 aromatic rings. The van der Waals surface area contributed by atoms with Gasteiger partial charge in [0, 0.05) is 32.1 Å². The van der Waals surface area contributed by atoms with Crippen molar-refractivity contribution in [1.29, 1.82) is 0 Å². The van der Waals surface area contributed by atoms with Crippen molar-refractivity contribution in [3.63, 3.8) is 0 Å². The van der Waals surface area contributed by atoms with Crippen molar-refractivity contribution in [1.82, 2.24) is 24.6 Å². The molecule has 0 amide bonds. The number of alkyl halides is 1. The minimum Gasteiger partial charge on any atom is -0.460 e. The second-order valence-corrected chi connectivity index (χ2v) is 8.74. The number of halogens is 2. The molecule has 1 aromatic carbocycles. The van der Waals surface area contributed by atoms with E-state index in [9.17, 15) is 8.78 Å². The molecule has 2 fully saturated rings. The first kappa shape index (κ1) is 20.9. The molecule has 5 heterocycles. The topological polar surface area (TPSA) is 80.6 Å². The summed E-state index contributed by atoms with van der Waals surface area (Å²) in [5.74, 6) is 5.58. The molecule has 1 spiro atoms. The highest BCUT2D eigenvalue weighted by molar-refractivity contribution is 5.94. The number of hydrogen-bond acceptors (Lipinski definition) is 6. The molecule has 0 bridgehead atoms. The van der Waals surface area contributed by atoms with E-state index in [-0.39, 0.29) is 11.3 Å². The maximum atomic E-state index is 14.5. The highest BCUT2D eigenvalue weighted by Gasteiger charge is 2.38. The number of rotatable bonds is 3. The lowest BCUT2D eigenvalue weighted by atomic mass is 9.78. The third-order valence-electron chi connectivity index (χ3n) is 6.82. The summed E-state index contributed by atoms with van der Waals surface area (Å²) >= 11 is 0. The molecule has 2 aliphatic rings. The predicted molar refractivity (Wildman–Crippen MR) is 121 cm³/mol. The number of H-pyrrole nitrogens is 1. The standard InChI is InChI=1S/C24H22F2N6O2/c25-15-34-18-3-1-2-16(20(18)26)4-5-17-19-21(30-29-17)28-23(32-12-9-27-22(19)32)31-10-6-24(7-11-31)8-13-33-14-24/h1-3,9,12H,6-8,10-11,13-15H2,(H,29,30). The number of benzene rings is 1. The van der Waals surface area contributed by atoms with Gasteiger partial charge in [-0.1, -0.05) is 12.0 Å². The lowest BCUT2D eigenvalue weighted by molar-refractivity contribution is 0.133. The van der Waals surface area contributed by atoms with Gasteiger partial charge in [0.1, 0.15) is 5.69 Å². The Labute approximate surface area is 193 Å². The van der Waals surface area contributed by atoms with Crippen LogP contribution >= 0.6 is 0 Å². The van der Waals surface area contributed by atoms with E-state index >= 15 is 0 Å². The van der Waals surface area contributed by atoms with Crippen molar-refractivity contribution < 1.29 is 18.3 Å². The Morgan fingerprint density at radius 1 is 1.21 bits per heavy atom. The predicted octanol–water partition coefficient (Wildman–Crippen LogP) is 3.46. The number of aromatic amines is 1. The molecule has 2 saturated heterocycles. The van der Waals surface area contributed by atoms with Crippen LogP contribution < -0.4 is 9.64 Å². The summed E-state index contributed by atoms with van der Waals surface area (Å²) in [6, 6.07) is 4.41. The van der Waals surface area contributed by atoms with Crippen LogP contribution in [0, 0.1) is 23.1 Å². The van der Waals surface area contributed by atoms with Crippen molar-refractivity contribution >= 4 is 22.6 Å². The van der Waals surface area contributed by atoms with Gasteiger partial charge < -0.3 is 14.4 Å². The Kier molecular flexibility index (Phi) is 5.07. The van der Waals surface area contributed by atoms with Gasteiger partial charge in [-0.2, -0.15) is 10.1 Å². The number of fused-ring (bicyclic) bond motifs is 3. The van der Waals surface area contributed by atoms with Gasteiger partial charge in [0.25, 0.3) is 0 Å². The van der Waals surface area contributed by atoms with Gasteiger partial charge in [-0.25, -0.2) is 13.8 Å². The first-order valence-electron chi connectivity index (χ1n) is 11.2. The molecule has 0 atom stereocenters. The van der Waals surface area contributed by atoms with E-state index < -0.39 is 12.7 Å². The van der Waals surface area contributed by atoms with Gasteiger partial charge in [0.2, 0.25) is 12.8 Å². The molecule has 174 valence electrons. The third kappa shape index (κ3) is 3.44. The van der Waals surface area contributed by atoms with Gasteiger partial charge in [-0.15, -0.1) is 0 Å². The average molecular weight is 464 g/mol. The number of ether oxygens (including phenoxy) is 2. The Hall–Kier alpha value is -3.71. The molecule has 10 heteroatoms. The molecule has 3 aromatic heterocycles. The van der Waals surface area contributed by atoms with Crippen LogP contribution in [0.4, 0.5) is 14.7 Å². The lowest BCUT2D eigenvalue weighted by Crippen LogP contribution is -2.41. The second kappa shape index (κ2) is 8.25. The van der Waals surface area contributed by atoms with Crippen molar-refractivity contribution in [2.45, 2.75) is 19.3 Å². The fourth-order valence-electron chi connectivity index (χ4n) is 4.87. The quantitative estimate of drug-likeness (QED) is 0.468. The van der Waals surface area contributed by atoms with E-state index in [2.05, 4.69) is 36.7 Å². The zero-order chi connectivity index (χ0) is 23.1. The SMILES string of the molecule is FCOc1cccc(C#Cc2n[nH]c3nc(N4CCC5(CCOC5)CC4)n4ccnc4c23)c1F. The molecular formula is C24H22F2N6O2. The molecule has 8 nitrogen and oxygen atoms in total. The molecule has 34 heavy (non-hydrogen) atoms. The van der Waals surface area contributed by atoms with Crippen LogP contribution in [-0.4, -0.2) is 57.7 Å². The minimum absolute atomic E-state index is 0.0872. The lowest BCUT2D eigenvalue weighted by Gasteiger charge is -2.38. The summed E-state index contributed by atoms with van der Waals surface area (Å²) in [5.41, 5.74) is 2.04. The first-order chi connectivity index (χ1) is 16.7. The minimum atomic E-state index is -1.12. The summed E-state index contributed by atoms with van der Waals surface area (Å²) in [7, 11) is 0. The summed E-state index contributed by atoms with van der Waals surface area (Å²) in [6.07, 6.45) is 6.86. The molecule has 0 aliphatic carbocycles. The molecule has 0 radical (unpaired) electrons. The Balaban J connectivity index is 1.36. The highest BCUT2D eigenvalue weighted by Crippen LogP contribution is 2.40. The number of nitrogens with zero attached hydrogens (tertiary/aromatic N) is 5. The second-order valence-electron chi connectivity index (χ2n) is 8.74. The van der Waals surface area contributed by atoms with Crippen LogP contribution in [0.25, 0.3) is 16.7 Å². The van der Waals surface area contributed by atoms with Crippen LogP contribution in [0.2, 0.25) is 0 Å². The molecule has 0 saturated carbocycles. The molecule has 2 aliphatic heterocycles. The van der Waals surface area contributed by atoms with Crippen LogP contribution in [-0.2, 0) is 4.74 Å². The number of nitrogens with one attached hydrogen (secondary N) is 1. The maximum absolute atomic E-state index is 14.5. The van der Waals surface area contributed by atoms with Crippen LogP contribution in [0.3, 0.4) is 0 Å². The Morgan fingerprint density at radius 3 is 2.88 bits per heavy atom. The van der Waals surface area contributed by atoms with Gasteiger partial charge in [-0.05, 0) is 42.7 Å². The van der Waals surface area contributed by atoms with Crippen molar-refractivity contribution in [3.05, 3.63) is 47.7 Å². The third-order valence-corrected chi connectivity index (χ3v) is 6.82. The van der Waals surface area contributed by atoms with Crippen molar-refractivity contribution in [3.8, 4) is 17.6 Å². The Bertz CT molecular complexity index is 1420. The molecule has 6 rings (SSSR count). The number of imidazole rings is 1. The van der Waals surface area contributed by atoms with Crippen LogP contribution in [0.5, 0.6) is 5.75 Å². The number of anilines is 1. The fraction of sp³-hybridized carbons (Fsp3) is 0.375. The van der Waals surface area contributed by atoms with Gasteiger partial charge in [0.05, 0.1) is 17.6 Å². The zero-order valence-corrected chi connectivity index (χ0v) is 18.4.